The lowest BCUT2D eigenvalue weighted by Crippen LogP contribution is -2.29. The Morgan fingerprint density at radius 2 is 1.50 bits per heavy atom. The number of anilines is 1. The van der Waals surface area contributed by atoms with Crippen molar-refractivity contribution in [2.24, 2.45) is 0 Å². The van der Waals surface area contributed by atoms with Crippen molar-refractivity contribution < 1.29 is 14.3 Å². The first-order valence-corrected chi connectivity index (χ1v) is 9.98. The van der Waals surface area contributed by atoms with Gasteiger partial charge in [-0.05, 0) is 18.6 Å². The fourth-order valence-electron chi connectivity index (χ4n) is 2.88. The molecule has 5 heteroatoms. The normalized spacial score (nSPS) is 10.4. The molecular weight excluding hydrogens is 328 g/mol. The van der Waals surface area contributed by atoms with Gasteiger partial charge in [0.15, 0.2) is 0 Å². The number of unbranched alkanes of at least 4 members (excludes halogenated alkanes) is 9. The maximum Gasteiger partial charge on any atom is 0.319 e. The van der Waals surface area contributed by atoms with Gasteiger partial charge in [0, 0.05) is 12.6 Å². The molecule has 1 rings (SSSR count). The molecule has 0 heterocycles. The van der Waals surface area contributed by atoms with Crippen molar-refractivity contribution in [3.05, 3.63) is 18.2 Å². The Morgan fingerprint density at radius 3 is 2.08 bits per heavy atom. The van der Waals surface area contributed by atoms with Gasteiger partial charge in [-0.25, -0.2) is 4.79 Å². The molecule has 0 aromatic heterocycles. The number of hydrogen-bond donors (Lipinski definition) is 2. The summed E-state index contributed by atoms with van der Waals surface area (Å²) in [5, 5.41) is 5.72. The van der Waals surface area contributed by atoms with Crippen molar-refractivity contribution >= 4 is 11.7 Å². The monoisotopic (exact) mass is 364 g/mol. The number of urea groups is 1. The Balaban J connectivity index is 2.09. The molecule has 0 aliphatic heterocycles. The minimum atomic E-state index is -0.204. The highest BCUT2D eigenvalue weighted by Crippen LogP contribution is 2.28. The Bertz CT molecular complexity index is 506. The summed E-state index contributed by atoms with van der Waals surface area (Å²) in [4.78, 5) is 12.0. The number of hydrogen-bond acceptors (Lipinski definition) is 3. The second-order valence-electron chi connectivity index (χ2n) is 6.63. The lowest BCUT2D eigenvalue weighted by molar-refractivity contribution is 0.251. The summed E-state index contributed by atoms with van der Waals surface area (Å²) in [6.45, 7) is 2.95. The van der Waals surface area contributed by atoms with E-state index in [0.717, 1.165) is 6.42 Å². The van der Waals surface area contributed by atoms with Gasteiger partial charge in [-0.1, -0.05) is 64.7 Å². The van der Waals surface area contributed by atoms with Crippen LogP contribution < -0.4 is 20.1 Å². The number of rotatable bonds is 14. The van der Waals surface area contributed by atoms with Crippen LogP contribution in [0.15, 0.2) is 18.2 Å². The minimum Gasteiger partial charge on any atom is -0.497 e. The lowest BCUT2D eigenvalue weighted by atomic mass is 10.1. The molecule has 1 aromatic carbocycles. The Morgan fingerprint density at radius 1 is 0.885 bits per heavy atom. The van der Waals surface area contributed by atoms with Gasteiger partial charge in [-0.3, -0.25) is 0 Å². The van der Waals surface area contributed by atoms with Gasteiger partial charge < -0.3 is 20.1 Å². The van der Waals surface area contributed by atoms with Crippen LogP contribution in [-0.2, 0) is 0 Å². The van der Waals surface area contributed by atoms with Crippen molar-refractivity contribution in [1.82, 2.24) is 5.32 Å². The molecule has 0 spiro atoms. The molecular formula is C21H36N2O3. The first-order chi connectivity index (χ1) is 12.7. The predicted molar refractivity (Wildman–Crippen MR) is 108 cm³/mol. The molecule has 1 aromatic rings. The van der Waals surface area contributed by atoms with Crippen LogP contribution in [0.5, 0.6) is 11.5 Å². The van der Waals surface area contributed by atoms with E-state index in [1.54, 1.807) is 32.4 Å². The van der Waals surface area contributed by atoms with E-state index >= 15 is 0 Å². The predicted octanol–water partition coefficient (Wildman–Crippen LogP) is 5.75. The third kappa shape index (κ3) is 9.54. The molecule has 0 radical (unpaired) electrons. The zero-order valence-electron chi connectivity index (χ0n) is 16.7. The van der Waals surface area contributed by atoms with E-state index in [4.69, 9.17) is 9.47 Å². The average molecular weight is 365 g/mol. The highest BCUT2D eigenvalue weighted by molar-refractivity contribution is 5.91. The average Bonchev–Trinajstić information content (AvgIpc) is 2.66. The largest absolute Gasteiger partial charge is 0.497 e. The first kappa shape index (κ1) is 22.1. The molecule has 0 atom stereocenters. The standard InChI is InChI=1S/C21H36N2O3/c1-4-5-6-7-8-9-10-11-12-13-16-22-21(24)23-19-15-14-18(25-2)17-20(19)26-3/h14-15,17H,4-13,16H2,1-3H3,(H2,22,23,24). The highest BCUT2D eigenvalue weighted by Gasteiger charge is 2.08. The van der Waals surface area contributed by atoms with E-state index in [2.05, 4.69) is 17.6 Å². The van der Waals surface area contributed by atoms with Gasteiger partial charge in [-0.15, -0.1) is 0 Å². The summed E-state index contributed by atoms with van der Waals surface area (Å²) >= 11 is 0. The van der Waals surface area contributed by atoms with Gasteiger partial charge in [-0.2, -0.15) is 0 Å². The van der Waals surface area contributed by atoms with E-state index in [1.807, 2.05) is 0 Å². The molecule has 0 aliphatic rings. The number of amides is 2. The maximum absolute atomic E-state index is 12.0. The fourth-order valence-corrected chi connectivity index (χ4v) is 2.88. The maximum atomic E-state index is 12.0. The number of carbonyl (C=O) groups is 1. The van der Waals surface area contributed by atoms with Gasteiger partial charge in [0.2, 0.25) is 0 Å². The Hall–Kier alpha value is -1.91. The number of methoxy groups -OCH3 is 2. The van der Waals surface area contributed by atoms with Crippen LogP contribution >= 0.6 is 0 Å². The van der Waals surface area contributed by atoms with Gasteiger partial charge in [0.1, 0.15) is 11.5 Å². The summed E-state index contributed by atoms with van der Waals surface area (Å²) < 4.78 is 10.4. The molecule has 0 unspecified atom stereocenters. The molecule has 2 amide bonds. The van der Waals surface area contributed by atoms with E-state index < -0.39 is 0 Å². The van der Waals surface area contributed by atoms with Crippen molar-refractivity contribution in [3.8, 4) is 11.5 Å². The summed E-state index contributed by atoms with van der Waals surface area (Å²) in [5.41, 5.74) is 0.633. The lowest BCUT2D eigenvalue weighted by Gasteiger charge is -2.12. The van der Waals surface area contributed by atoms with Crippen molar-refractivity contribution in [1.29, 1.82) is 0 Å². The quantitative estimate of drug-likeness (QED) is 0.413. The Kier molecular flexibility index (Phi) is 12.2. The molecule has 0 saturated heterocycles. The summed E-state index contributed by atoms with van der Waals surface area (Å²) in [6, 6.07) is 5.11. The molecule has 26 heavy (non-hydrogen) atoms. The van der Waals surface area contributed by atoms with E-state index in [0.29, 0.717) is 23.7 Å². The van der Waals surface area contributed by atoms with E-state index in [-0.39, 0.29) is 6.03 Å². The van der Waals surface area contributed by atoms with Crippen LogP contribution in [0.3, 0.4) is 0 Å². The number of ether oxygens (including phenoxy) is 2. The molecule has 0 bridgehead atoms. The molecule has 0 fully saturated rings. The second kappa shape index (κ2) is 14.3. The third-order valence-electron chi connectivity index (χ3n) is 4.47. The van der Waals surface area contributed by atoms with Gasteiger partial charge in [0.05, 0.1) is 19.9 Å². The van der Waals surface area contributed by atoms with Crippen LogP contribution in [0, 0.1) is 0 Å². The van der Waals surface area contributed by atoms with Crippen molar-refractivity contribution in [2.45, 2.75) is 71.1 Å². The minimum absolute atomic E-state index is 0.204. The van der Waals surface area contributed by atoms with Gasteiger partial charge in [0.25, 0.3) is 0 Å². The summed E-state index contributed by atoms with van der Waals surface area (Å²) in [5.74, 6) is 1.27. The first-order valence-electron chi connectivity index (χ1n) is 9.98. The smallest absolute Gasteiger partial charge is 0.319 e. The summed E-state index contributed by atoms with van der Waals surface area (Å²) in [6.07, 6.45) is 12.9. The van der Waals surface area contributed by atoms with Crippen LogP contribution in [-0.4, -0.2) is 26.8 Å². The van der Waals surface area contributed by atoms with Crippen LogP contribution in [0.4, 0.5) is 10.5 Å². The third-order valence-corrected chi connectivity index (χ3v) is 4.47. The molecule has 2 N–H and O–H groups in total. The molecule has 148 valence electrons. The molecule has 5 nitrogen and oxygen atoms in total. The van der Waals surface area contributed by atoms with E-state index in [1.165, 1.54) is 57.8 Å². The number of benzene rings is 1. The summed E-state index contributed by atoms with van der Waals surface area (Å²) in [7, 11) is 3.17. The zero-order valence-corrected chi connectivity index (χ0v) is 16.7. The molecule has 0 saturated carbocycles. The Labute approximate surface area is 158 Å². The van der Waals surface area contributed by atoms with Crippen molar-refractivity contribution in [2.75, 3.05) is 26.1 Å². The van der Waals surface area contributed by atoms with Crippen LogP contribution in [0.2, 0.25) is 0 Å². The van der Waals surface area contributed by atoms with Crippen molar-refractivity contribution in [3.63, 3.8) is 0 Å². The molecule has 0 aliphatic carbocycles. The SMILES string of the molecule is CCCCCCCCCCCCNC(=O)Nc1ccc(OC)cc1OC. The second-order valence-corrected chi connectivity index (χ2v) is 6.63. The fraction of sp³-hybridized carbons (Fsp3) is 0.667. The van der Waals surface area contributed by atoms with Crippen LogP contribution in [0.1, 0.15) is 71.1 Å². The number of nitrogens with one attached hydrogen (secondary N) is 2. The zero-order chi connectivity index (χ0) is 19.0. The van der Waals surface area contributed by atoms with Gasteiger partial charge >= 0.3 is 6.03 Å². The number of carbonyl (C=O) groups excluding carboxylic acids is 1. The van der Waals surface area contributed by atoms with Crippen LogP contribution in [0.25, 0.3) is 0 Å². The highest BCUT2D eigenvalue weighted by atomic mass is 16.5. The topological polar surface area (TPSA) is 59.6 Å². The van der Waals surface area contributed by atoms with E-state index in [9.17, 15) is 4.79 Å².